The zero-order chi connectivity index (χ0) is 19.9. The molecule has 0 saturated heterocycles. The third-order valence-corrected chi connectivity index (χ3v) is 6.90. The highest BCUT2D eigenvalue weighted by Gasteiger charge is 2.56. The maximum Gasteiger partial charge on any atom is 0.309 e. The lowest BCUT2D eigenvalue weighted by atomic mass is 9.52. The molecule has 3 unspecified atom stereocenters. The van der Waals surface area contributed by atoms with Crippen LogP contribution in [0.2, 0.25) is 0 Å². The maximum absolute atomic E-state index is 13.0. The average molecular weight is 360 g/mol. The molecule has 1 fully saturated rings. The molecular formula is C22H33NO3. The second kappa shape index (κ2) is 7.05. The van der Waals surface area contributed by atoms with Gasteiger partial charge in [-0.3, -0.25) is 9.59 Å². The second-order valence-electron chi connectivity index (χ2n) is 8.75. The van der Waals surface area contributed by atoms with Crippen LogP contribution in [-0.4, -0.2) is 28.9 Å². The first kappa shape index (κ1) is 20.5. The molecule has 0 aromatic rings. The Kier molecular flexibility index (Phi) is 5.55. The Balaban J connectivity index is 2.76. The molecule has 144 valence electrons. The lowest BCUT2D eigenvalue weighted by Crippen LogP contribution is -2.49. The molecule has 0 aromatic heterocycles. The number of carboxylic acids is 1. The molecule has 0 spiro atoms. The first-order valence-corrected chi connectivity index (χ1v) is 9.54. The van der Waals surface area contributed by atoms with Gasteiger partial charge in [0.25, 0.3) is 0 Å². The SMILES string of the molecule is C=CC1=C(/C=C(\C)C(C)C)N(C)C(=O)CC2C(C)(C(=O)O)CCCC12C. The minimum atomic E-state index is -0.899. The van der Waals surface area contributed by atoms with Gasteiger partial charge in [-0.2, -0.15) is 0 Å². The predicted octanol–water partition coefficient (Wildman–Crippen LogP) is 4.79. The number of amides is 1. The molecule has 1 saturated carbocycles. The fourth-order valence-electron chi connectivity index (χ4n) is 4.72. The molecule has 1 aliphatic heterocycles. The van der Waals surface area contributed by atoms with E-state index in [1.807, 2.05) is 13.0 Å². The first-order chi connectivity index (χ1) is 12.0. The first-order valence-electron chi connectivity index (χ1n) is 9.54. The van der Waals surface area contributed by atoms with Gasteiger partial charge >= 0.3 is 5.97 Å². The van der Waals surface area contributed by atoms with Crippen molar-refractivity contribution < 1.29 is 14.7 Å². The van der Waals surface area contributed by atoms with Gasteiger partial charge in [0.15, 0.2) is 0 Å². The van der Waals surface area contributed by atoms with Crippen molar-refractivity contribution in [1.82, 2.24) is 4.90 Å². The maximum atomic E-state index is 13.0. The standard InChI is InChI=1S/C22H33NO3/c1-8-16-17(12-15(4)14(2)3)23(7)19(24)13-18-21(16,5)10-9-11-22(18,6)20(25)26/h8,12,14,18H,1,9-11,13H2,2-7H3,(H,25,26)/b15-12+. The molecule has 4 nitrogen and oxygen atoms in total. The van der Waals surface area contributed by atoms with Gasteiger partial charge in [-0.1, -0.05) is 45.4 Å². The van der Waals surface area contributed by atoms with E-state index in [2.05, 4.69) is 40.3 Å². The summed E-state index contributed by atoms with van der Waals surface area (Å²) >= 11 is 0. The Bertz CT molecular complexity index is 688. The van der Waals surface area contributed by atoms with Crippen LogP contribution in [0.15, 0.2) is 35.6 Å². The zero-order valence-electron chi connectivity index (χ0n) is 17.1. The molecule has 3 atom stereocenters. The second-order valence-corrected chi connectivity index (χ2v) is 8.75. The van der Waals surface area contributed by atoms with Crippen LogP contribution in [0, 0.1) is 22.7 Å². The van der Waals surface area contributed by atoms with E-state index in [1.54, 1.807) is 11.9 Å². The lowest BCUT2D eigenvalue weighted by molar-refractivity contribution is -0.159. The van der Waals surface area contributed by atoms with E-state index in [4.69, 9.17) is 0 Å². The van der Waals surface area contributed by atoms with Gasteiger partial charge in [-0.15, -0.1) is 0 Å². The summed E-state index contributed by atoms with van der Waals surface area (Å²) in [6, 6.07) is 0. The van der Waals surface area contributed by atoms with Gasteiger partial charge in [0.2, 0.25) is 5.91 Å². The Morgan fingerprint density at radius 1 is 1.35 bits per heavy atom. The van der Waals surface area contributed by atoms with Gasteiger partial charge in [0.1, 0.15) is 0 Å². The third-order valence-electron chi connectivity index (χ3n) is 6.90. The Morgan fingerprint density at radius 2 is 1.96 bits per heavy atom. The van der Waals surface area contributed by atoms with Crippen molar-refractivity contribution in [2.75, 3.05) is 7.05 Å². The highest BCUT2D eigenvalue weighted by Crippen LogP contribution is 2.58. The quantitative estimate of drug-likeness (QED) is 0.785. The third kappa shape index (κ3) is 3.15. The topological polar surface area (TPSA) is 57.6 Å². The summed E-state index contributed by atoms with van der Waals surface area (Å²) in [5.41, 5.74) is 1.79. The Morgan fingerprint density at radius 3 is 2.46 bits per heavy atom. The van der Waals surface area contributed by atoms with Crippen molar-refractivity contribution in [3.8, 4) is 0 Å². The molecule has 0 bridgehead atoms. The van der Waals surface area contributed by atoms with Crippen molar-refractivity contribution in [2.45, 2.75) is 60.3 Å². The van der Waals surface area contributed by atoms with E-state index < -0.39 is 11.4 Å². The van der Waals surface area contributed by atoms with Crippen LogP contribution < -0.4 is 0 Å². The number of carbonyl (C=O) groups excluding carboxylic acids is 1. The van der Waals surface area contributed by atoms with E-state index in [0.717, 1.165) is 24.1 Å². The molecule has 1 aliphatic carbocycles. The predicted molar refractivity (Wildman–Crippen MR) is 104 cm³/mol. The van der Waals surface area contributed by atoms with Gasteiger partial charge in [0.05, 0.1) is 5.41 Å². The minimum absolute atomic E-state index is 0.0183. The molecule has 0 aromatic carbocycles. The van der Waals surface area contributed by atoms with Crippen LogP contribution >= 0.6 is 0 Å². The molecular weight excluding hydrogens is 326 g/mol. The number of nitrogens with zero attached hydrogens (tertiary/aromatic N) is 1. The lowest BCUT2D eigenvalue weighted by Gasteiger charge is -2.50. The van der Waals surface area contributed by atoms with Crippen molar-refractivity contribution >= 4 is 11.9 Å². The van der Waals surface area contributed by atoms with Gasteiger partial charge in [0, 0.05) is 19.2 Å². The number of fused-ring (bicyclic) bond motifs is 1. The molecule has 2 aliphatic rings. The van der Waals surface area contributed by atoms with Crippen molar-refractivity contribution in [3.05, 3.63) is 35.6 Å². The number of likely N-dealkylation sites (N-methyl/N-ethyl adjacent to an activating group) is 1. The average Bonchev–Trinajstić information content (AvgIpc) is 2.63. The van der Waals surface area contributed by atoms with Crippen LogP contribution in [0.3, 0.4) is 0 Å². The van der Waals surface area contributed by atoms with Crippen molar-refractivity contribution in [3.63, 3.8) is 0 Å². The molecule has 1 heterocycles. The highest BCUT2D eigenvalue weighted by atomic mass is 16.4. The van der Waals surface area contributed by atoms with Gasteiger partial charge in [-0.05, 0) is 55.6 Å². The number of rotatable bonds is 4. The summed E-state index contributed by atoms with van der Waals surface area (Å²) in [7, 11) is 1.80. The van der Waals surface area contributed by atoms with Crippen molar-refractivity contribution in [1.29, 1.82) is 0 Å². The van der Waals surface area contributed by atoms with E-state index >= 15 is 0 Å². The normalized spacial score (nSPS) is 33.2. The number of hydrogen-bond donors (Lipinski definition) is 1. The molecule has 0 radical (unpaired) electrons. The van der Waals surface area contributed by atoms with Crippen LogP contribution in [-0.2, 0) is 9.59 Å². The number of carboxylic acid groups (broad SMARTS) is 1. The van der Waals surface area contributed by atoms with Crippen LogP contribution in [0.25, 0.3) is 0 Å². The summed E-state index contributed by atoms with van der Waals surface area (Å²) in [5, 5.41) is 9.96. The van der Waals surface area contributed by atoms with E-state index in [-0.39, 0.29) is 23.7 Å². The number of carbonyl (C=O) groups is 2. The van der Waals surface area contributed by atoms with Crippen LogP contribution in [0.4, 0.5) is 0 Å². The molecule has 1 N–H and O–H groups in total. The van der Waals surface area contributed by atoms with Gasteiger partial charge < -0.3 is 10.0 Å². The zero-order valence-corrected chi connectivity index (χ0v) is 17.1. The molecule has 1 amide bonds. The molecule has 2 rings (SSSR count). The van der Waals surface area contributed by atoms with E-state index in [0.29, 0.717) is 12.3 Å². The number of allylic oxidation sites excluding steroid dienone is 4. The largest absolute Gasteiger partial charge is 0.481 e. The van der Waals surface area contributed by atoms with E-state index in [9.17, 15) is 14.7 Å². The summed E-state index contributed by atoms with van der Waals surface area (Å²) in [6.45, 7) is 14.3. The fourth-order valence-corrected chi connectivity index (χ4v) is 4.72. The summed E-state index contributed by atoms with van der Waals surface area (Å²) in [5.74, 6) is -0.686. The number of aliphatic carboxylic acids is 1. The minimum Gasteiger partial charge on any atom is -0.481 e. The fraction of sp³-hybridized carbons (Fsp3) is 0.636. The highest BCUT2D eigenvalue weighted by molar-refractivity contribution is 5.83. The van der Waals surface area contributed by atoms with E-state index in [1.165, 1.54) is 5.57 Å². The summed E-state index contributed by atoms with van der Waals surface area (Å²) in [4.78, 5) is 26.8. The van der Waals surface area contributed by atoms with Gasteiger partial charge in [-0.25, -0.2) is 0 Å². The molecule has 4 heteroatoms. The number of hydrogen-bond acceptors (Lipinski definition) is 2. The Labute approximate surface area is 157 Å². The smallest absolute Gasteiger partial charge is 0.309 e. The molecule has 26 heavy (non-hydrogen) atoms. The Hall–Kier alpha value is -1.84. The summed E-state index contributed by atoms with van der Waals surface area (Å²) in [6.07, 6.45) is 6.51. The monoisotopic (exact) mass is 359 g/mol. The van der Waals surface area contributed by atoms with Crippen molar-refractivity contribution in [2.24, 2.45) is 22.7 Å². The summed E-state index contributed by atoms with van der Waals surface area (Å²) < 4.78 is 0. The van der Waals surface area contributed by atoms with Crippen LogP contribution in [0.5, 0.6) is 0 Å². The van der Waals surface area contributed by atoms with Crippen LogP contribution in [0.1, 0.15) is 60.3 Å².